The van der Waals surface area contributed by atoms with E-state index >= 15 is 0 Å². The van der Waals surface area contributed by atoms with Gasteiger partial charge in [0, 0.05) is 34.0 Å². The van der Waals surface area contributed by atoms with Crippen molar-refractivity contribution in [3.63, 3.8) is 0 Å². The Morgan fingerprint density at radius 3 is 2.78 bits per heavy atom. The van der Waals surface area contributed by atoms with Gasteiger partial charge in [0.1, 0.15) is 11.9 Å². The predicted octanol–water partition coefficient (Wildman–Crippen LogP) is 5.52. The molecule has 4 nitrogen and oxygen atoms in total. The summed E-state index contributed by atoms with van der Waals surface area (Å²) in [6.07, 6.45) is 2.62. The maximum absolute atomic E-state index is 12.8. The molecule has 2 atom stereocenters. The number of nitrogens with one attached hydrogen (secondary N) is 1. The van der Waals surface area contributed by atoms with Gasteiger partial charge in [0.05, 0.1) is 5.56 Å². The van der Waals surface area contributed by atoms with Gasteiger partial charge in [0.2, 0.25) is 0 Å². The minimum atomic E-state index is -0.194. The van der Waals surface area contributed by atoms with E-state index in [9.17, 15) is 4.79 Å². The summed E-state index contributed by atoms with van der Waals surface area (Å²) in [5.74, 6) is 0.770. The molecule has 0 radical (unpaired) electrons. The quantitative estimate of drug-likeness (QED) is 0.629. The Balaban J connectivity index is 1.49. The van der Waals surface area contributed by atoms with E-state index in [-0.39, 0.29) is 17.9 Å². The molecule has 0 fully saturated rings. The van der Waals surface area contributed by atoms with Gasteiger partial charge >= 0.3 is 0 Å². The Hall–Kier alpha value is -2.37. The zero-order chi connectivity index (χ0) is 19.0. The number of para-hydroxylation sites is 1. The van der Waals surface area contributed by atoms with E-state index in [1.54, 1.807) is 12.3 Å². The van der Waals surface area contributed by atoms with Crippen LogP contribution in [0.2, 0.25) is 5.02 Å². The summed E-state index contributed by atoms with van der Waals surface area (Å²) in [5.41, 5.74) is 2.79. The molecular formula is C21H19ClN2O2S. The highest BCUT2D eigenvalue weighted by Gasteiger charge is 2.31. The second-order valence-corrected chi connectivity index (χ2v) is 8.28. The van der Waals surface area contributed by atoms with E-state index in [1.165, 1.54) is 11.3 Å². The van der Waals surface area contributed by atoms with Gasteiger partial charge in [-0.15, -0.1) is 11.3 Å². The molecule has 0 spiro atoms. The standard InChI is InChI=1S/C21H19ClN2O2S/c1-12-13(2)26-19-17(12)4-3-5-18(19)20(25)24-21-23-11-16(27-21)10-14-6-8-15(22)9-7-14/h3-9,11-13H,10H2,1-2H3,(H,23,24,25). The molecule has 1 aromatic heterocycles. The van der Waals surface area contributed by atoms with Crippen LogP contribution < -0.4 is 10.1 Å². The van der Waals surface area contributed by atoms with Gasteiger partial charge in [0.15, 0.2) is 5.13 Å². The van der Waals surface area contributed by atoms with E-state index in [1.807, 2.05) is 43.3 Å². The van der Waals surface area contributed by atoms with Crippen molar-refractivity contribution in [3.05, 3.63) is 75.3 Å². The van der Waals surface area contributed by atoms with Crippen LogP contribution in [0, 0.1) is 0 Å². The molecule has 1 N–H and O–H groups in total. The second-order valence-electron chi connectivity index (χ2n) is 6.72. The van der Waals surface area contributed by atoms with E-state index < -0.39 is 0 Å². The summed E-state index contributed by atoms with van der Waals surface area (Å²) in [5, 5.41) is 4.20. The zero-order valence-electron chi connectivity index (χ0n) is 15.0. The third-order valence-electron chi connectivity index (χ3n) is 4.85. The molecule has 138 valence electrons. The van der Waals surface area contributed by atoms with Gasteiger partial charge in [-0.2, -0.15) is 0 Å². The first-order chi connectivity index (χ1) is 13.0. The van der Waals surface area contributed by atoms with Crippen molar-refractivity contribution in [1.82, 2.24) is 4.98 Å². The molecule has 2 unspecified atom stereocenters. The number of aromatic nitrogens is 1. The lowest BCUT2D eigenvalue weighted by Crippen LogP contribution is -2.14. The van der Waals surface area contributed by atoms with Crippen LogP contribution in [0.3, 0.4) is 0 Å². The number of hydrogen-bond donors (Lipinski definition) is 1. The van der Waals surface area contributed by atoms with Gasteiger partial charge in [-0.25, -0.2) is 4.98 Å². The van der Waals surface area contributed by atoms with Crippen LogP contribution in [-0.2, 0) is 6.42 Å². The zero-order valence-corrected chi connectivity index (χ0v) is 16.6. The van der Waals surface area contributed by atoms with Crippen LogP contribution >= 0.6 is 22.9 Å². The molecule has 6 heteroatoms. The Bertz CT molecular complexity index is 984. The third-order valence-corrected chi connectivity index (χ3v) is 6.02. The molecule has 27 heavy (non-hydrogen) atoms. The number of thiazole rings is 1. The molecule has 1 aliphatic rings. The molecule has 1 aliphatic heterocycles. The number of nitrogens with zero attached hydrogens (tertiary/aromatic N) is 1. The van der Waals surface area contributed by atoms with Crippen molar-refractivity contribution in [2.45, 2.75) is 32.3 Å². The van der Waals surface area contributed by atoms with Crippen molar-refractivity contribution in [1.29, 1.82) is 0 Å². The maximum atomic E-state index is 12.8. The monoisotopic (exact) mass is 398 g/mol. The largest absolute Gasteiger partial charge is 0.489 e. The first kappa shape index (κ1) is 18.0. The van der Waals surface area contributed by atoms with Gasteiger partial charge in [-0.05, 0) is 30.7 Å². The topological polar surface area (TPSA) is 51.2 Å². The summed E-state index contributed by atoms with van der Waals surface area (Å²) in [6.45, 7) is 4.14. The fourth-order valence-corrected chi connectivity index (χ4v) is 4.15. The van der Waals surface area contributed by atoms with Crippen LogP contribution in [0.5, 0.6) is 5.75 Å². The minimum Gasteiger partial charge on any atom is -0.489 e. The van der Waals surface area contributed by atoms with Gasteiger partial charge in [-0.3, -0.25) is 10.1 Å². The van der Waals surface area contributed by atoms with E-state index in [2.05, 4.69) is 17.2 Å². The van der Waals surface area contributed by atoms with Crippen molar-refractivity contribution < 1.29 is 9.53 Å². The van der Waals surface area contributed by atoms with E-state index in [0.717, 1.165) is 27.4 Å². The number of carbonyl (C=O) groups is 1. The van der Waals surface area contributed by atoms with Crippen LogP contribution in [-0.4, -0.2) is 17.0 Å². The number of halogens is 1. The Morgan fingerprint density at radius 2 is 2.00 bits per heavy atom. The molecule has 4 rings (SSSR count). The molecule has 1 amide bonds. The smallest absolute Gasteiger partial charge is 0.261 e. The molecule has 0 saturated heterocycles. The van der Waals surface area contributed by atoms with E-state index in [0.29, 0.717) is 16.4 Å². The van der Waals surface area contributed by atoms with Gasteiger partial charge < -0.3 is 4.74 Å². The van der Waals surface area contributed by atoms with Crippen LogP contribution in [0.15, 0.2) is 48.7 Å². The van der Waals surface area contributed by atoms with Crippen LogP contribution in [0.4, 0.5) is 5.13 Å². The number of hydrogen-bond acceptors (Lipinski definition) is 4. The van der Waals surface area contributed by atoms with Crippen molar-refractivity contribution in [3.8, 4) is 5.75 Å². The normalized spacial score (nSPS) is 18.0. The Labute approximate surface area is 167 Å². The fraction of sp³-hybridized carbons (Fsp3) is 0.238. The predicted molar refractivity (Wildman–Crippen MR) is 109 cm³/mol. The first-order valence-corrected chi connectivity index (χ1v) is 10.0. The first-order valence-electron chi connectivity index (χ1n) is 8.81. The lowest BCUT2D eigenvalue weighted by molar-refractivity contribution is 0.102. The van der Waals surface area contributed by atoms with Crippen molar-refractivity contribution in [2.75, 3.05) is 5.32 Å². The average molecular weight is 399 g/mol. The number of ether oxygens (including phenoxy) is 1. The highest BCUT2D eigenvalue weighted by molar-refractivity contribution is 7.15. The SMILES string of the molecule is CC1Oc2c(C(=O)Nc3ncc(Cc4ccc(Cl)cc4)s3)cccc2C1C. The molecule has 3 aromatic rings. The molecule has 0 aliphatic carbocycles. The summed E-state index contributed by atoms with van der Waals surface area (Å²) in [4.78, 5) is 18.2. The fourth-order valence-electron chi connectivity index (χ4n) is 3.18. The number of amides is 1. The number of rotatable bonds is 4. The average Bonchev–Trinajstić information content (AvgIpc) is 3.21. The molecular weight excluding hydrogens is 380 g/mol. The van der Waals surface area contributed by atoms with Gasteiger partial charge in [-0.1, -0.05) is 42.8 Å². The molecule has 0 saturated carbocycles. The summed E-state index contributed by atoms with van der Waals surface area (Å²) in [6, 6.07) is 13.5. The lowest BCUT2D eigenvalue weighted by Gasteiger charge is -2.09. The van der Waals surface area contributed by atoms with Crippen LogP contribution in [0.25, 0.3) is 0 Å². The molecule has 2 heterocycles. The summed E-state index contributed by atoms with van der Waals surface area (Å²) in [7, 11) is 0. The lowest BCUT2D eigenvalue weighted by atomic mass is 9.97. The Morgan fingerprint density at radius 1 is 1.22 bits per heavy atom. The highest BCUT2D eigenvalue weighted by Crippen LogP contribution is 2.40. The maximum Gasteiger partial charge on any atom is 0.261 e. The molecule has 2 aromatic carbocycles. The van der Waals surface area contributed by atoms with Gasteiger partial charge in [0.25, 0.3) is 5.91 Å². The van der Waals surface area contributed by atoms with Crippen LogP contribution in [0.1, 0.15) is 46.1 Å². The van der Waals surface area contributed by atoms with Crippen molar-refractivity contribution in [2.24, 2.45) is 0 Å². The minimum absolute atomic E-state index is 0.0693. The number of fused-ring (bicyclic) bond motifs is 1. The Kier molecular flexibility index (Phi) is 4.89. The number of carbonyl (C=O) groups excluding carboxylic acids is 1. The van der Waals surface area contributed by atoms with E-state index in [4.69, 9.17) is 16.3 Å². The van der Waals surface area contributed by atoms with Crippen molar-refractivity contribution >= 4 is 34.0 Å². The highest BCUT2D eigenvalue weighted by atomic mass is 35.5. The molecule has 0 bridgehead atoms. The second kappa shape index (κ2) is 7.33. The summed E-state index contributed by atoms with van der Waals surface area (Å²) >= 11 is 7.40. The summed E-state index contributed by atoms with van der Waals surface area (Å²) < 4.78 is 5.91. The third kappa shape index (κ3) is 3.70. The number of anilines is 1. The number of benzene rings is 2.